The van der Waals surface area contributed by atoms with Gasteiger partial charge in [-0.2, -0.15) is 0 Å². The molecule has 358 valence electrons. The summed E-state index contributed by atoms with van der Waals surface area (Å²) in [6, 6.07) is 11.1. The van der Waals surface area contributed by atoms with E-state index in [9.17, 15) is 49.5 Å². The molecule has 3 aromatic rings. The van der Waals surface area contributed by atoms with Gasteiger partial charge in [-0.3, -0.25) is 19.2 Å². The Morgan fingerprint density at radius 1 is 0.846 bits per heavy atom. The Kier molecular flexibility index (Phi) is 19.2. The minimum atomic E-state index is -2.00. The minimum absolute atomic E-state index is 0.00201. The summed E-state index contributed by atoms with van der Waals surface area (Å²) in [7, 11) is 1.30. The molecule has 22 nitrogen and oxygen atoms in total. The first-order valence-electron chi connectivity index (χ1n) is 21.0. The van der Waals surface area contributed by atoms with Gasteiger partial charge in [0.25, 0.3) is 5.56 Å². The largest absolute Gasteiger partial charge is 0.463 e. The lowest BCUT2D eigenvalue weighted by Gasteiger charge is -2.35. The number of carbonyl (C=O) groups is 4. The second-order valence-electron chi connectivity index (χ2n) is 15.3. The highest BCUT2D eigenvalue weighted by Gasteiger charge is 2.50. The maximum atomic E-state index is 13.8. The molecule has 2 aromatic heterocycles. The van der Waals surface area contributed by atoms with Crippen molar-refractivity contribution in [1.82, 2.24) is 14.9 Å². The summed E-state index contributed by atoms with van der Waals surface area (Å²) in [6.45, 7) is -1.22. The Hall–Kier alpha value is -4.98. The van der Waals surface area contributed by atoms with Gasteiger partial charge in [-0.25, -0.2) is 9.78 Å². The third-order valence-corrected chi connectivity index (χ3v) is 10.5. The van der Waals surface area contributed by atoms with E-state index in [1.54, 1.807) is 24.5 Å². The van der Waals surface area contributed by atoms with Crippen LogP contribution in [-0.4, -0.2) is 163 Å². The number of pyridine rings is 2. The summed E-state index contributed by atoms with van der Waals surface area (Å²) in [5, 5.41) is 51.3. The van der Waals surface area contributed by atoms with Crippen molar-refractivity contribution < 1.29 is 87.3 Å². The van der Waals surface area contributed by atoms with Crippen LogP contribution in [0.15, 0.2) is 41.2 Å². The topological polar surface area (TPSA) is 299 Å². The summed E-state index contributed by atoms with van der Waals surface area (Å²) in [5.74, 6) is -3.82. The molecule has 0 saturated heterocycles. The summed E-state index contributed by atoms with van der Waals surface area (Å²) in [5.41, 5.74) is 0.432. The number of nitrogens with one attached hydrogen (secondary N) is 1. The van der Waals surface area contributed by atoms with E-state index in [2.05, 4.69) is 5.32 Å². The van der Waals surface area contributed by atoms with E-state index >= 15 is 0 Å². The van der Waals surface area contributed by atoms with Crippen LogP contribution < -0.4 is 10.9 Å². The van der Waals surface area contributed by atoms with Crippen molar-refractivity contribution in [1.29, 1.82) is 0 Å². The maximum Gasteiger partial charge on any atom is 0.355 e. The van der Waals surface area contributed by atoms with Crippen LogP contribution in [0.2, 0.25) is 0 Å². The molecule has 5 rings (SSSR count). The number of cyclic esters (lactones) is 1. The first-order chi connectivity index (χ1) is 31.3. The van der Waals surface area contributed by atoms with Crippen molar-refractivity contribution in [2.75, 3.05) is 73.1 Å². The van der Waals surface area contributed by atoms with Gasteiger partial charge in [0, 0.05) is 42.6 Å². The molecule has 0 radical (unpaired) electrons. The average molecular weight is 920 g/mol. The number of nitrogens with zero attached hydrogens (tertiary/aromatic N) is 2. The van der Waals surface area contributed by atoms with Crippen LogP contribution in [0.5, 0.6) is 0 Å². The van der Waals surface area contributed by atoms with Gasteiger partial charge >= 0.3 is 17.9 Å². The van der Waals surface area contributed by atoms with Crippen molar-refractivity contribution in [3.63, 3.8) is 0 Å². The molecule has 4 heterocycles. The quantitative estimate of drug-likeness (QED) is 0.0229. The molecule has 6 N–H and O–H groups in total. The predicted octanol–water partition coefficient (Wildman–Crippen LogP) is -0.887. The van der Waals surface area contributed by atoms with Gasteiger partial charge in [0.2, 0.25) is 11.5 Å². The van der Waals surface area contributed by atoms with Crippen molar-refractivity contribution >= 4 is 34.7 Å². The van der Waals surface area contributed by atoms with E-state index < -0.39 is 125 Å². The summed E-state index contributed by atoms with van der Waals surface area (Å²) >= 11 is 0. The van der Waals surface area contributed by atoms with Crippen LogP contribution in [0.1, 0.15) is 49.8 Å². The zero-order valence-electron chi connectivity index (χ0n) is 36.4. The number of amides is 1. The summed E-state index contributed by atoms with van der Waals surface area (Å²) < 4.78 is 50.6. The molecule has 1 amide bonds. The first-order valence-corrected chi connectivity index (χ1v) is 21.0. The molecule has 0 spiro atoms. The second-order valence-corrected chi connectivity index (χ2v) is 15.3. The lowest BCUT2D eigenvalue weighted by atomic mass is 9.85. The first kappa shape index (κ1) is 51.0. The SMILES string of the molecule is CC[C@]1(OC(=O)CNC(=O)CCC(=O)OCC(COC(CO)OC(CO)COC(CO)OC)OC(CO)OCC(C)CO)C(=O)OCc2c1cc1n(c2=O)Cc2cc3ccccc3nc2-1. The molecule has 0 saturated carbocycles. The van der Waals surface area contributed by atoms with Crippen molar-refractivity contribution in [2.24, 2.45) is 5.92 Å². The Labute approximate surface area is 373 Å². The maximum absolute atomic E-state index is 13.8. The molecule has 6 unspecified atom stereocenters. The number of benzene rings is 1. The van der Waals surface area contributed by atoms with E-state index in [1.807, 2.05) is 30.3 Å². The van der Waals surface area contributed by atoms with E-state index in [-0.39, 0.29) is 56.4 Å². The molecule has 1 aromatic carbocycles. The van der Waals surface area contributed by atoms with Crippen molar-refractivity contribution in [3.8, 4) is 11.4 Å². The Bertz CT molecular complexity index is 2150. The highest BCUT2D eigenvalue weighted by atomic mass is 16.7. The van der Waals surface area contributed by atoms with Crippen LogP contribution in [0.3, 0.4) is 0 Å². The lowest BCUT2D eigenvalue weighted by Crippen LogP contribution is -2.48. The van der Waals surface area contributed by atoms with Crippen molar-refractivity contribution in [2.45, 2.75) is 82.9 Å². The van der Waals surface area contributed by atoms with Gasteiger partial charge < -0.3 is 78.0 Å². The van der Waals surface area contributed by atoms with Gasteiger partial charge in [-0.15, -0.1) is 0 Å². The molecule has 22 heteroatoms. The number of aliphatic hydroxyl groups is 5. The van der Waals surface area contributed by atoms with Crippen molar-refractivity contribution in [3.05, 3.63) is 63.4 Å². The molecule has 0 fully saturated rings. The van der Waals surface area contributed by atoms with Gasteiger partial charge in [0.05, 0.1) is 81.7 Å². The number of aliphatic hydroxyl groups excluding tert-OH is 5. The zero-order chi connectivity index (χ0) is 47.1. The van der Waals surface area contributed by atoms with Gasteiger partial charge in [-0.1, -0.05) is 32.0 Å². The molecule has 65 heavy (non-hydrogen) atoms. The normalized spacial score (nSPS) is 18.1. The monoisotopic (exact) mass is 919 g/mol. The number of aromatic nitrogens is 2. The summed E-state index contributed by atoms with van der Waals surface area (Å²) in [6.07, 6.45) is -6.76. The van der Waals surface area contributed by atoms with Gasteiger partial charge in [0.1, 0.15) is 32.0 Å². The molecule has 7 atom stereocenters. The van der Waals surface area contributed by atoms with Crippen LogP contribution >= 0.6 is 0 Å². The third-order valence-electron chi connectivity index (χ3n) is 10.5. The van der Waals surface area contributed by atoms with Crippen LogP contribution in [0.25, 0.3) is 22.3 Å². The Balaban J connectivity index is 1.16. The van der Waals surface area contributed by atoms with Crippen LogP contribution in [0.4, 0.5) is 0 Å². The Morgan fingerprint density at radius 3 is 2.20 bits per heavy atom. The smallest absolute Gasteiger partial charge is 0.355 e. The van der Waals surface area contributed by atoms with Crippen LogP contribution in [0, 0.1) is 5.92 Å². The van der Waals surface area contributed by atoms with Crippen LogP contribution in [-0.2, 0) is 80.6 Å². The fraction of sp³-hybridized carbons (Fsp3) is 0.581. The fourth-order valence-electron chi connectivity index (χ4n) is 6.96. The molecule has 0 bridgehead atoms. The number of carbonyl (C=O) groups excluding carboxylic acids is 4. The molecular weight excluding hydrogens is 862 g/mol. The standard InChI is InChI=1S/C43H57N3O19/c1-4-43(31-12-33-40-27(11-26-7-5-6-8-32(26)45-40)14-46(33)41(55)30(31)24-62-42(43)56)65-36(54)13-44-34(52)9-10-35(53)58-22-29(64-38(18-50)59-20-25(2)15-47)23-61-39(19-51)63-28(16-48)21-60-37(17-49)57-3/h5-8,11-12,25,28-29,37-39,47-51H,4,9-10,13-24H2,1-3H3,(H,44,52)/t25?,28?,29?,37?,38?,39?,43-/m1/s1. The molecule has 2 aliphatic heterocycles. The molecule has 0 aliphatic carbocycles. The number of hydrogen-bond donors (Lipinski definition) is 6. The highest BCUT2D eigenvalue weighted by Crippen LogP contribution is 2.41. The molecular formula is C43H57N3O19. The van der Waals surface area contributed by atoms with Gasteiger partial charge in [0.15, 0.2) is 18.9 Å². The van der Waals surface area contributed by atoms with E-state index in [0.29, 0.717) is 16.9 Å². The number of esters is 3. The summed E-state index contributed by atoms with van der Waals surface area (Å²) in [4.78, 5) is 70.9. The predicted molar refractivity (Wildman–Crippen MR) is 222 cm³/mol. The second kappa shape index (κ2) is 24.5. The number of para-hydroxylation sites is 1. The molecule has 2 aliphatic rings. The lowest BCUT2D eigenvalue weighted by molar-refractivity contribution is -0.250. The fourth-order valence-corrected chi connectivity index (χ4v) is 6.96. The zero-order valence-corrected chi connectivity index (χ0v) is 36.4. The van der Waals surface area contributed by atoms with Gasteiger partial charge in [-0.05, 0) is 24.6 Å². The number of ether oxygens (including phenoxy) is 9. The number of fused-ring (bicyclic) bond motifs is 5. The number of rotatable bonds is 28. The Morgan fingerprint density at radius 2 is 1.52 bits per heavy atom. The van der Waals surface area contributed by atoms with E-state index in [1.165, 1.54) is 7.11 Å². The third kappa shape index (κ3) is 13.1. The number of hydrogen-bond acceptors (Lipinski definition) is 20. The average Bonchev–Trinajstić information content (AvgIpc) is 3.68. The number of methoxy groups -OCH3 is 1. The highest BCUT2D eigenvalue weighted by molar-refractivity contribution is 5.90. The minimum Gasteiger partial charge on any atom is -0.463 e. The van der Waals surface area contributed by atoms with E-state index in [4.69, 9.17) is 47.6 Å². The van der Waals surface area contributed by atoms with E-state index in [0.717, 1.165) is 10.9 Å².